The minimum absolute atomic E-state index is 0.102. The second kappa shape index (κ2) is 12.7. The highest BCUT2D eigenvalue weighted by atomic mass is 35.5. The van der Waals surface area contributed by atoms with Crippen LogP contribution in [0.15, 0.2) is 83.3 Å². The fraction of sp³-hybridized carbons (Fsp3) is 0.161. The van der Waals surface area contributed by atoms with Gasteiger partial charge in [-0.25, -0.2) is 0 Å². The average Bonchev–Trinajstić information content (AvgIpc) is 3.45. The van der Waals surface area contributed by atoms with E-state index in [0.29, 0.717) is 69.8 Å². The molecular weight excluding hydrogens is 585 g/mol. The normalized spacial score (nSPS) is 13.5. The van der Waals surface area contributed by atoms with E-state index in [0.717, 1.165) is 11.3 Å². The van der Waals surface area contributed by atoms with E-state index in [4.69, 9.17) is 44.0 Å². The molecule has 0 radical (unpaired) electrons. The number of ether oxygens (including phenoxy) is 1. The lowest BCUT2D eigenvalue weighted by atomic mass is 10.1. The van der Waals surface area contributed by atoms with Gasteiger partial charge >= 0.3 is 0 Å². The Balaban J connectivity index is 1.14. The van der Waals surface area contributed by atoms with E-state index in [2.05, 4.69) is 10.2 Å². The first-order chi connectivity index (χ1) is 19.8. The van der Waals surface area contributed by atoms with Crippen LogP contribution in [-0.4, -0.2) is 50.0 Å². The van der Waals surface area contributed by atoms with Crippen LogP contribution in [0.5, 0.6) is 5.75 Å². The summed E-state index contributed by atoms with van der Waals surface area (Å²) in [6.45, 7) is 2.48. The minimum Gasteiger partial charge on any atom is -0.496 e. The molecule has 210 valence electrons. The second-order valence-corrected chi connectivity index (χ2v) is 10.6. The zero-order valence-electron chi connectivity index (χ0n) is 22.1. The predicted octanol–water partition coefficient (Wildman–Crippen LogP) is 7.53. The lowest BCUT2D eigenvalue weighted by Crippen LogP contribution is -2.48. The third-order valence-electron chi connectivity index (χ3n) is 6.68. The number of hydrogen-bond acceptors (Lipinski definition) is 5. The first-order valence-electron chi connectivity index (χ1n) is 12.8. The average molecular weight is 611 g/mol. The Morgan fingerprint density at radius 1 is 0.878 bits per heavy atom. The van der Waals surface area contributed by atoms with Gasteiger partial charge in [0.15, 0.2) is 0 Å². The number of carbonyl (C=O) groups excluding carboxylic acids is 2. The molecule has 4 aromatic rings. The SMILES string of the molecule is COc1ccc(Cl)cc1C(=O)N1CCN(c2ccc(NC(=O)/C=C/c3ccc(-c4ccc(Cl)cc4Cl)o3)cc2)CC1. The molecule has 0 spiro atoms. The number of nitrogens with zero attached hydrogens (tertiary/aromatic N) is 2. The van der Waals surface area contributed by atoms with Gasteiger partial charge < -0.3 is 24.3 Å². The molecule has 1 N–H and O–H groups in total. The number of piperazine rings is 1. The molecule has 0 aliphatic carbocycles. The van der Waals surface area contributed by atoms with E-state index in [9.17, 15) is 9.59 Å². The van der Waals surface area contributed by atoms with Crippen molar-refractivity contribution in [1.82, 2.24) is 4.90 Å². The van der Waals surface area contributed by atoms with Crippen LogP contribution in [0.4, 0.5) is 11.4 Å². The maximum atomic E-state index is 13.1. The second-order valence-electron chi connectivity index (χ2n) is 9.32. The summed E-state index contributed by atoms with van der Waals surface area (Å²) in [7, 11) is 1.54. The molecule has 0 bridgehead atoms. The molecule has 7 nitrogen and oxygen atoms in total. The quantitative estimate of drug-likeness (QED) is 0.219. The van der Waals surface area contributed by atoms with E-state index in [1.807, 2.05) is 24.3 Å². The number of benzene rings is 3. The van der Waals surface area contributed by atoms with Gasteiger partial charge in [0.05, 0.1) is 17.7 Å². The van der Waals surface area contributed by atoms with Crippen molar-refractivity contribution < 1.29 is 18.7 Å². The number of rotatable bonds is 7. The van der Waals surface area contributed by atoms with Gasteiger partial charge in [0.2, 0.25) is 5.91 Å². The molecule has 3 aromatic carbocycles. The first kappa shape index (κ1) is 28.6. The van der Waals surface area contributed by atoms with Crippen LogP contribution < -0.4 is 15.0 Å². The summed E-state index contributed by atoms with van der Waals surface area (Å²) >= 11 is 18.3. The summed E-state index contributed by atoms with van der Waals surface area (Å²) in [6.07, 6.45) is 3.00. The molecule has 1 fully saturated rings. The molecule has 1 aliphatic rings. The molecule has 2 heterocycles. The van der Waals surface area contributed by atoms with Crippen molar-refractivity contribution in [3.05, 3.63) is 105 Å². The Hall–Kier alpha value is -3.91. The van der Waals surface area contributed by atoms with Crippen molar-refractivity contribution in [2.45, 2.75) is 0 Å². The molecular formula is C31H26Cl3N3O4. The lowest BCUT2D eigenvalue weighted by Gasteiger charge is -2.36. The molecule has 0 unspecified atom stereocenters. The van der Waals surface area contributed by atoms with Gasteiger partial charge in [-0.05, 0) is 78.9 Å². The standard InChI is InChI=1S/C31H26Cl3N3O4/c1-40-28-11-3-20(32)18-26(28)31(39)37-16-14-36(15-17-37)23-6-4-22(5-7-23)35-30(38)13-9-24-8-12-29(41-24)25-10-2-21(33)19-27(25)34/h2-13,18-19H,14-17H2,1H3,(H,35,38)/b13-9+. The third kappa shape index (κ3) is 6.88. The van der Waals surface area contributed by atoms with Crippen molar-refractivity contribution in [2.24, 2.45) is 0 Å². The molecule has 0 atom stereocenters. The summed E-state index contributed by atoms with van der Waals surface area (Å²) in [5, 5.41) is 4.37. The molecule has 1 aliphatic heterocycles. The largest absolute Gasteiger partial charge is 0.496 e. The lowest BCUT2D eigenvalue weighted by molar-refractivity contribution is -0.111. The van der Waals surface area contributed by atoms with Crippen LogP contribution in [0.25, 0.3) is 17.4 Å². The fourth-order valence-corrected chi connectivity index (χ4v) is 5.23. The van der Waals surface area contributed by atoms with Crippen molar-refractivity contribution in [1.29, 1.82) is 0 Å². The number of carbonyl (C=O) groups is 2. The van der Waals surface area contributed by atoms with Crippen LogP contribution in [-0.2, 0) is 4.79 Å². The van der Waals surface area contributed by atoms with Gasteiger partial charge in [0.1, 0.15) is 17.3 Å². The van der Waals surface area contributed by atoms with Gasteiger partial charge in [0, 0.05) is 59.2 Å². The van der Waals surface area contributed by atoms with Crippen molar-refractivity contribution in [3.63, 3.8) is 0 Å². The van der Waals surface area contributed by atoms with Crippen LogP contribution >= 0.6 is 34.8 Å². The molecule has 1 aromatic heterocycles. The van der Waals surface area contributed by atoms with E-state index in [-0.39, 0.29) is 11.8 Å². The van der Waals surface area contributed by atoms with Gasteiger partial charge in [-0.3, -0.25) is 9.59 Å². The van der Waals surface area contributed by atoms with E-state index in [1.165, 1.54) is 13.2 Å². The first-order valence-corrected chi connectivity index (χ1v) is 14.0. The van der Waals surface area contributed by atoms with Gasteiger partial charge in [-0.1, -0.05) is 34.8 Å². The number of halogens is 3. The van der Waals surface area contributed by atoms with Gasteiger partial charge in [-0.15, -0.1) is 0 Å². The van der Waals surface area contributed by atoms with Crippen LogP contribution in [0.3, 0.4) is 0 Å². The predicted molar refractivity (Wildman–Crippen MR) is 164 cm³/mol. The summed E-state index contributed by atoms with van der Waals surface area (Å²) in [5.74, 6) is 1.21. The minimum atomic E-state index is -0.288. The number of nitrogens with one attached hydrogen (secondary N) is 1. The summed E-state index contributed by atoms with van der Waals surface area (Å²) < 4.78 is 11.1. The van der Waals surface area contributed by atoms with Crippen LogP contribution in [0.1, 0.15) is 16.1 Å². The Bertz CT molecular complexity index is 1590. The number of furan rings is 1. The highest BCUT2D eigenvalue weighted by Gasteiger charge is 2.24. The maximum Gasteiger partial charge on any atom is 0.257 e. The summed E-state index contributed by atoms with van der Waals surface area (Å²) in [5.41, 5.74) is 2.85. The molecule has 1 saturated heterocycles. The van der Waals surface area contributed by atoms with E-state index < -0.39 is 0 Å². The molecule has 2 amide bonds. The van der Waals surface area contributed by atoms with Gasteiger partial charge in [0.25, 0.3) is 5.91 Å². The number of methoxy groups -OCH3 is 1. The smallest absolute Gasteiger partial charge is 0.257 e. The van der Waals surface area contributed by atoms with Gasteiger partial charge in [-0.2, -0.15) is 0 Å². The highest BCUT2D eigenvalue weighted by Crippen LogP contribution is 2.32. The zero-order valence-corrected chi connectivity index (χ0v) is 24.3. The number of anilines is 2. The molecule has 10 heteroatoms. The number of hydrogen-bond donors (Lipinski definition) is 1. The highest BCUT2D eigenvalue weighted by molar-refractivity contribution is 6.36. The Morgan fingerprint density at radius 3 is 2.29 bits per heavy atom. The maximum absolute atomic E-state index is 13.1. The Morgan fingerprint density at radius 2 is 1.59 bits per heavy atom. The molecule has 41 heavy (non-hydrogen) atoms. The topological polar surface area (TPSA) is 75.0 Å². The van der Waals surface area contributed by atoms with Crippen LogP contribution in [0.2, 0.25) is 15.1 Å². The Labute approximate surface area is 252 Å². The molecule has 5 rings (SSSR count). The summed E-state index contributed by atoms with van der Waals surface area (Å²) in [4.78, 5) is 29.6. The summed E-state index contributed by atoms with van der Waals surface area (Å²) in [6, 6.07) is 21.4. The zero-order chi connectivity index (χ0) is 28.9. The van der Waals surface area contributed by atoms with Crippen molar-refractivity contribution in [2.75, 3.05) is 43.5 Å². The van der Waals surface area contributed by atoms with E-state index >= 15 is 0 Å². The van der Waals surface area contributed by atoms with E-state index in [1.54, 1.807) is 59.5 Å². The Kier molecular flexibility index (Phi) is 8.88. The van der Waals surface area contributed by atoms with Crippen LogP contribution in [0, 0.1) is 0 Å². The number of amides is 2. The van der Waals surface area contributed by atoms with Crippen molar-refractivity contribution in [3.8, 4) is 17.1 Å². The van der Waals surface area contributed by atoms with Crippen molar-refractivity contribution >= 4 is 64.1 Å². The monoisotopic (exact) mass is 609 g/mol. The fourth-order valence-electron chi connectivity index (χ4n) is 4.56. The third-order valence-corrected chi connectivity index (χ3v) is 7.46. The molecule has 0 saturated carbocycles.